The second-order valence-electron chi connectivity index (χ2n) is 3.07. The monoisotopic (exact) mass is 273 g/mol. The van der Waals surface area contributed by atoms with Crippen LogP contribution in [0.1, 0.15) is 12.5 Å². The summed E-state index contributed by atoms with van der Waals surface area (Å²) in [6, 6.07) is 1.42. The number of pyridine rings is 1. The van der Waals surface area contributed by atoms with Gasteiger partial charge in [-0.3, -0.25) is 0 Å². The van der Waals surface area contributed by atoms with E-state index in [9.17, 15) is 13.2 Å². The lowest BCUT2D eigenvalue weighted by atomic mass is 10.3. The van der Waals surface area contributed by atoms with E-state index in [1.165, 1.54) is 12.3 Å². The van der Waals surface area contributed by atoms with Crippen molar-refractivity contribution in [1.82, 2.24) is 4.98 Å². The molecule has 2 nitrogen and oxygen atoms in total. The first-order valence-corrected chi connectivity index (χ1v) is 5.19. The van der Waals surface area contributed by atoms with E-state index in [-0.39, 0.29) is 16.8 Å². The van der Waals surface area contributed by atoms with Gasteiger partial charge in [-0.2, -0.15) is 13.2 Å². The second-order valence-corrected chi connectivity index (χ2v) is 3.74. The van der Waals surface area contributed by atoms with Crippen LogP contribution in [0.25, 0.3) is 0 Å². The number of alkyl halides is 4. The quantitative estimate of drug-likeness (QED) is 0.782. The van der Waals surface area contributed by atoms with Crippen molar-refractivity contribution in [2.75, 3.05) is 0 Å². The molecule has 0 aliphatic rings. The van der Waals surface area contributed by atoms with Gasteiger partial charge in [0.1, 0.15) is 5.02 Å². The lowest BCUT2D eigenvalue weighted by molar-refractivity contribution is -0.189. The molecule has 0 spiro atoms. The van der Waals surface area contributed by atoms with Crippen LogP contribution in [0.15, 0.2) is 12.3 Å². The molecule has 0 saturated carbocycles. The SMILES string of the molecule is CC(Oc1ncc(CCl)cc1Cl)C(F)(F)F. The number of rotatable bonds is 3. The molecule has 1 unspecified atom stereocenters. The Hall–Kier alpha value is -0.680. The summed E-state index contributed by atoms with van der Waals surface area (Å²) < 4.78 is 41.2. The number of nitrogens with zero attached hydrogens (tertiary/aromatic N) is 1. The van der Waals surface area contributed by atoms with Crippen LogP contribution in [0.3, 0.4) is 0 Å². The van der Waals surface area contributed by atoms with Crippen molar-refractivity contribution in [3.8, 4) is 5.88 Å². The maximum absolute atomic E-state index is 12.2. The summed E-state index contributed by atoms with van der Waals surface area (Å²) in [7, 11) is 0. The molecule has 7 heteroatoms. The zero-order chi connectivity index (χ0) is 12.3. The fourth-order valence-corrected chi connectivity index (χ4v) is 1.24. The van der Waals surface area contributed by atoms with Crippen LogP contribution in [0.2, 0.25) is 5.02 Å². The lowest BCUT2D eigenvalue weighted by Gasteiger charge is -2.17. The van der Waals surface area contributed by atoms with Crippen molar-refractivity contribution in [3.05, 3.63) is 22.8 Å². The maximum atomic E-state index is 12.2. The van der Waals surface area contributed by atoms with E-state index in [2.05, 4.69) is 9.72 Å². The van der Waals surface area contributed by atoms with Crippen molar-refractivity contribution >= 4 is 23.2 Å². The van der Waals surface area contributed by atoms with Crippen LogP contribution in [-0.2, 0) is 5.88 Å². The Kier molecular flexibility index (Phi) is 4.27. The van der Waals surface area contributed by atoms with E-state index >= 15 is 0 Å². The molecule has 1 aromatic rings. The fraction of sp³-hybridized carbons (Fsp3) is 0.444. The maximum Gasteiger partial charge on any atom is 0.425 e. The molecule has 1 heterocycles. The predicted octanol–water partition coefficient (Wildman–Crippen LogP) is 3.80. The zero-order valence-electron chi connectivity index (χ0n) is 8.18. The molecule has 0 amide bonds. The third-order valence-corrected chi connectivity index (χ3v) is 2.35. The molecule has 0 saturated heterocycles. The topological polar surface area (TPSA) is 22.1 Å². The first kappa shape index (κ1) is 13.4. The molecule has 0 aliphatic carbocycles. The molecule has 0 bridgehead atoms. The van der Waals surface area contributed by atoms with Crippen molar-refractivity contribution in [2.45, 2.75) is 25.1 Å². The van der Waals surface area contributed by atoms with Gasteiger partial charge in [-0.15, -0.1) is 11.6 Å². The molecular weight excluding hydrogens is 266 g/mol. The smallest absolute Gasteiger partial charge is 0.425 e. The minimum absolute atomic E-state index is 0.00856. The van der Waals surface area contributed by atoms with E-state index in [1.54, 1.807) is 0 Å². The Labute approximate surface area is 100 Å². The minimum Gasteiger partial charge on any atom is -0.464 e. The zero-order valence-corrected chi connectivity index (χ0v) is 9.70. The summed E-state index contributed by atoms with van der Waals surface area (Å²) in [5, 5.41) is 0.00856. The molecular formula is C9H8Cl2F3NO. The molecule has 1 aromatic heterocycles. The number of hydrogen-bond donors (Lipinski definition) is 0. The third-order valence-electron chi connectivity index (χ3n) is 1.77. The molecule has 16 heavy (non-hydrogen) atoms. The largest absolute Gasteiger partial charge is 0.464 e. The summed E-state index contributed by atoms with van der Waals surface area (Å²) >= 11 is 11.2. The van der Waals surface area contributed by atoms with E-state index < -0.39 is 12.3 Å². The van der Waals surface area contributed by atoms with Gasteiger partial charge in [-0.05, 0) is 18.6 Å². The molecule has 0 fully saturated rings. The Morgan fingerprint density at radius 3 is 2.56 bits per heavy atom. The lowest BCUT2D eigenvalue weighted by Crippen LogP contribution is -2.31. The average Bonchev–Trinajstić information content (AvgIpc) is 2.19. The fourth-order valence-electron chi connectivity index (χ4n) is 0.859. The van der Waals surface area contributed by atoms with Crippen LogP contribution < -0.4 is 4.74 Å². The van der Waals surface area contributed by atoms with E-state index in [0.717, 1.165) is 6.92 Å². The number of halogens is 5. The van der Waals surface area contributed by atoms with Gasteiger partial charge in [0.2, 0.25) is 5.88 Å². The molecule has 1 atom stereocenters. The number of hydrogen-bond acceptors (Lipinski definition) is 2. The van der Waals surface area contributed by atoms with Crippen molar-refractivity contribution in [1.29, 1.82) is 0 Å². The Morgan fingerprint density at radius 2 is 2.12 bits per heavy atom. The molecule has 0 aliphatic heterocycles. The van der Waals surface area contributed by atoms with Gasteiger partial charge in [0.25, 0.3) is 0 Å². The third kappa shape index (κ3) is 3.42. The van der Waals surface area contributed by atoms with Crippen LogP contribution in [0.4, 0.5) is 13.2 Å². The Bertz CT molecular complexity index is 370. The first-order chi connectivity index (χ1) is 7.34. The highest BCUT2D eigenvalue weighted by atomic mass is 35.5. The molecule has 1 rings (SSSR count). The Balaban J connectivity index is 2.82. The van der Waals surface area contributed by atoms with E-state index in [4.69, 9.17) is 23.2 Å². The normalized spacial score (nSPS) is 13.6. The van der Waals surface area contributed by atoms with E-state index in [1.807, 2.05) is 0 Å². The van der Waals surface area contributed by atoms with Crippen LogP contribution in [0.5, 0.6) is 5.88 Å². The van der Waals surface area contributed by atoms with Gasteiger partial charge in [0.15, 0.2) is 6.10 Å². The highest BCUT2D eigenvalue weighted by Gasteiger charge is 2.38. The number of aromatic nitrogens is 1. The molecule has 0 N–H and O–H groups in total. The summed E-state index contributed by atoms with van der Waals surface area (Å²) in [5.74, 6) is -0.0673. The van der Waals surface area contributed by atoms with Crippen LogP contribution in [-0.4, -0.2) is 17.3 Å². The standard InChI is InChI=1S/C9H8Cl2F3NO/c1-5(9(12,13)14)16-8-7(11)2-6(3-10)4-15-8/h2,4-5H,3H2,1H3. The van der Waals surface area contributed by atoms with Gasteiger partial charge in [-0.1, -0.05) is 11.6 Å². The molecule has 0 radical (unpaired) electrons. The van der Waals surface area contributed by atoms with E-state index in [0.29, 0.717) is 5.56 Å². The summed E-state index contributed by atoms with van der Waals surface area (Å²) in [4.78, 5) is 3.66. The van der Waals surface area contributed by atoms with Crippen molar-refractivity contribution in [2.24, 2.45) is 0 Å². The predicted molar refractivity (Wildman–Crippen MR) is 54.9 cm³/mol. The summed E-state index contributed by atoms with van der Waals surface area (Å²) in [6.45, 7) is 0.882. The van der Waals surface area contributed by atoms with Gasteiger partial charge in [0.05, 0.1) is 0 Å². The molecule has 0 aromatic carbocycles. The van der Waals surface area contributed by atoms with Gasteiger partial charge in [0, 0.05) is 12.1 Å². The molecule has 90 valence electrons. The van der Waals surface area contributed by atoms with Gasteiger partial charge in [-0.25, -0.2) is 4.98 Å². The summed E-state index contributed by atoms with van der Waals surface area (Å²) in [5.41, 5.74) is 0.610. The van der Waals surface area contributed by atoms with Crippen molar-refractivity contribution < 1.29 is 17.9 Å². The number of ether oxygens (including phenoxy) is 1. The van der Waals surface area contributed by atoms with Crippen LogP contribution >= 0.6 is 23.2 Å². The summed E-state index contributed by atoms with van der Waals surface area (Å²) in [6.07, 6.45) is -5.09. The van der Waals surface area contributed by atoms with Gasteiger partial charge >= 0.3 is 6.18 Å². The first-order valence-electron chi connectivity index (χ1n) is 4.28. The second kappa shape index (κ2) is 5.10. The van der Waals surface area contributed by atoms with Gasteiger partial charge < -0.3 is 4.74 Å². The van der Waals surface area contributed by atoms with Crippen molar-refractivity contribution in [3.63, 3.8) is 0 Å². The average molecular weight is 274 g/mol. The van der Waals surface area contributed by atoms with Crippen LogP contribution in [0, 0.1) is 0 Å². The highest BCUT2D eigenvalue weighted by molar-refractivity contribution is 6.32. The highest BCUT2D eigenvalue weighted by Crippen LogP contribution is 2.28. The minimum atomic E-state index is -4.45. The Morgan fingerprint density at radius 1 is 1.50 bits per heavy atom.